The van der Waals surface area contributed by atoms with Crippen molar-refractivity contribution in [1.82, 2.24) is 14.5 Å². The number of hydrogen-bond donors (Lipinski definition) is 0. The molecule has 4 heterocycles. The van der Waals surface area contributed by atoms with E-state index in [4.69, 9.17) is 4.98 Å². The van der Waals surface area contributed by atoms with Gasteiger partial charge in [0.05, 0.1) is 17.4 Å². The van der Waals surface area contributed by atoms with Crippen LogP contribution < -0.4 is 10.5 Å². The van der Waals surface area contributed by atoms with Crippen molar-refractivity contribution in [2.75, 3.05) is 18.0 Å². The Morgan fingerprint density at radius 2 is 1.53 bits per heavy atom. The SMILES string of the molecule is O=c1c2cncc(-c3ccccc3)c2ccn1Cc1ccc(-c2ccc3ccc(N4CCC4)nc3c2)cc1. The Bertz CT molecular complexity index is 1840. The zero-order valence-corrected chi connectivity index (χ0v) is 20.9. The lowest BCUT2D eigenvalue weighted by Crippen LogP contribution is -2.37. The Morgan fingerprint density at radius 3 is 2.32 bits per heavy atom. The van der Waals surface area contributed by atoms with Crippen molar-refractivity contribution in [3.8, 4) is 22.3 Å². The monoisotopic (exact) mass is 494 g/mol. The van der Waals surface area contributed by atoms with E-state index in [0.717, 1.165) is 63.0 Å². The van der Waals surface area contributed by atoms with Crippen LogP contribution >= 0.6 is 0 Å². The van der Waals surface area contributed by atoms with Crippen molar-refractivity contribution in [3.05, 3.63) is 126 Å². The molecule has 0 N–H and O–H groups in total. The first-order valence-electron chi connectivity index (χ1n) is 13.0. The number of fused-ring (bicyclic) bond motifs is 2. The van der Waals surface area contributed by atoms with Gasteiger partial charge in [0.15, 0.2) is 0 Å². The van der Waals surface area contributed by atoms with Gasteiger partial charge in [-0.1, -0.05) is 66.7 Å². The lowest BCUT2D eigenvalue weighted by Gasteiger charge is -2.32. The lowest BCUT2D eigenvalue weighted by atomic mass is 10.0. The summed E-state index contributed by atoms with van der Waals surface area (Å²) in [6.45, 7) is 2.68. The minimum Gasteiger partial charge on any atom is -0.356 e. The van der Waals surface area contributed by atoms with Crippen LogP contribution in [-0.4, -0.2) is 27.6 Å². The third-order valence-electron chi connectivity index (χ3n) is 7.48. The van der Waals surface area contributed by atoms with Gasteiger partial charge in [-0.05, 0) is 58.3 Å². The summed E-state index contributed by atoms with van der Waals surface area (Å²) in [5, 5.41) is 2.70. The summed E-state index contributed by atoms with van der Waals surface area (Å²) in [4.78, 5) is 24.9. The summed E-state index contributed by atoms with van der Waals surface area (Å²) in [6, 6.07) is 31.2. The number of aromatic nitrogens is 3. The zero-order valence-electron chi connectivity index (χ0n) is 20.9. The van der Waals surface area contributed by atoms with E-state index >= 15 is 0 Å². The Hall–Kier alpha value is -4.77. The highest BCUT2D eigenvalue weighted by atomic mass is 16.1. The zero-order chi connectivity index (χ0) is 25.5. The molecule has 0 spiro atoms. The molecule has 0 amide bonds. The molecule has 3 aromatic heterocycles. The Kier molecular flexibility index (Phi) is 5.47. The second-order valence-electron chi connectivity index (χ2n) is 9.88. The molecule has 1 aliphatic rings. The van der Waals surface area contributed by atoms with E-state index in [1.165, 1.54) is 6.42 Å². The minimum absolute atomic E-state index is 0.0320. The van der Waals surface area contributed by atoms with Crippen LogP contribution in [0.3, 0.4) is 0 Å². The van der Waals surface area contributed by atoms with E-state index < -0.39 is 0 Å². The number of nitrogens with zero attached hydrogens (tertiary/aromatic N) is 4. The maximum Gasteiger partial charge on any atom is 0.260 e. The summed E-state index contributed by atoms with van der Waals surface area (Å²) in [5.41, 5.74) is 6.35. The van der Waals surface area contributed by atoms with Crippen LogP contribution in [0.4, 0.5) is 5.82 Å². The fourth-order valence-corrected chi connectivity index (χ4v) is 5.19. The van der Waals surface area contributed by atoms with E-state index in [1.807, 2.05) is 48.8 Å². The second-order valence-corrected chi connectivity index (χ2v) is 9.88. The molecule has 1 fully saturated rings. The van der Waals surface area contributed by atoms with E-state index in [1.54, 1.807) is 10.8 Å². The fourth-order valence-electron chi connectivity index (χ4n) is 5.19. The van der Waals surface area contributed by atoms with E-state index in [-0.39, 0.29) is 5.56 Å². The maximum absolute atomic E-state index is 13.3. The van der Waals surface area contributed by atoms with Gasteiger partial charge in [-0.3, -0.25) is 9.78 Å². The predicted octanol–water partition coefficient (Wildman–Crippen LogP) is 6.54. The Labute approximate surface area is 220 Å². The van der Waals surface area contributed by atoms with E-state index in [0.29, 0.717) is 11.9 Å². The molecule has 0 unspecified atom stereocenters. The molecule has 1 saturated heterocycles. The van der Waals surface area contributed by atoms with E-state index in [2.05, 4.69) is 64.5 Å². The molecule has 6 aromatic rings. The van der Waals surface area contributed by atoms with Crippen LogP contribution in [0, 0.1) is 0 Å². The summed E-state index contributed by atoms with van der Waals surface area (Å²) in [5.74, 6) is 1.06. The smallest absolute Gasteiger partial charge is 0.260 e. The van der Waals surface area contributed by atoms with Crippen LogP contribution in [0.5, 0.6) is 0 Å². The van der Waals surface area contributed by atoms with Gasteiger partial charge in [0, 0.05) is 42.6 Å². The first kappa shape index (κ1) is 22.4. The van der Waals surface area contributed by atoms with Crippen LogP contribution in [0.25, 0.3) is 43.9 Å². The standard InChI is InChI=1S/C33H26N4O/c38-33-30-21-34-20-29(25-5-2-1-3-6-25)28(30)15-18-37(33)22-23-7-9-24(10-8-23)27-12-11-26-13-14-32(35-31(26)19-27)36-16-4-17-36/h1-3,5-15,18-21H,4,16-17,22H2. The first-order chi connectivity index (χ1) is 18.7. The van der Waals surface area contributed by atoms with Gasteiger partial charge in [0.2, 0.25) is 0 Å². The Balaban J connectivity index is 1.16. The molecular formula is C33H26N4O. The molecule has 0 saturated carbocycles. The molecule has 3 aromatic carbocycles. The Morgan fingerprint density at radius 1 is 0.737 bits per heavy atom. The molecule has 1 aliphatic heterocycles. The molecule has 0 bridgehead atoms. The first-order valence-corrected chi connectivity index (χ1v) is 13.0. The van der Waals surface area contributed by atoms with Crippen molar-refractivity contribution in [3.63, 3.8) is 0 Å². The summed E-state index contributed by atoms with van der Waals surface area (Å²) < 4.78 is 1.76. The molecule has 7 rings (SSSR count). The molecule has 0 atom stereocenters. The molecule has 38 heavy (non-hydrogen) atoms. The van der Waals surface area contributed by atoms with Gasteiger partial charge in [-0.25, -0.2) is 4.98 Å². The van der Waals surface area contributed by atoms with Gasteiger partial charge in [-0.2, -0.15) is 0 Å². The molecule has 5 heteroatoms. The van der Waals surface area contributed by atoms with Crippen molar-refractivity contribution >= 4 is 27.5 Å². The second kappa shape index (κ2) is 9.27. The largest absolute Gasteiger partial charge is 0.356 e. The number of pyridine rings is 3. The van der Waals surface area contributed by atoms with Gasteiger partial charge < -0.3 is 9.47 Å². The van der Waals surface area contributed by atoms with Crippen molar-refractivity contribution in [1.29, 1.82) is 0 Å². The highest BCUT2D eigenvalue weighted by Gasteiger charge is 2.16. The topological polar surface area (TPSA) is 51.0 Å². The number of rotatable bonds is 5. The van der Waals surface area contributed by atoms with Crippen molar-refractivity contribution in [2.24, 2.45) is 0 Å². The number of benzene rings is 3. The van der Waals surface area contributed by atoms with Crippen LogP contribution in [0.2, 0.25) is 0 Å². The van der Waals surface area contributed by atoms with Crippen molar-refractivity contribution in [2.45, 2.75) is 13.0 Å². The quantitative estimate of drug-likeness (QED) is 0.273. The average molecular weight is 495 g/mol. The van der Waals surface area contributed by atoms with Gasteiger partial charge in [0.25, 0.3) is 5.56 Å². The van der Waals surface area contributed by atoms with Crippen LogP contribution in [-0.2, 0) is 6.54 Å². The van der Waals surface area contributed by atoms with Gasteiger partial charge >= 0.3 is 0 Å². The molecule has 5 nitrogen and oxygen atoms in total. The number of hydrogen-bond acceptors (Lipinski definition) is 4. The summed E-state index contributed by atoms with van der Waals surface area (Å²) >= 11 is 0. The summed E-state index contributed by atoms with van der Waals surface area (Å²) in [6.07, 6.45) is 6.62. The fraction of sp³-hybridized carbons (Fsp3) is 0.121. The normalized spacial score (nSPS) is 13.1. The average Bonchev–Trinajstić information content (AvgIpc) is 2.94. The van der Waals surface area contributed by atoms with Gasteiger partial charge in [-0.15, -0.1) is 0 Å². The number of anilines is 1. The third-order valence-corrected chi connectivity index (χ3v) is 7.48. The highest BCUT2D eigenvalue weighted by molar-refractivity contribution is 5.95. The highest BCUT2D eigenvalue weighted by Crippen LogP contribution is 2.28. The maximum atomic E-state index is 13.3. The lowest BCUT2D eigenvalue weighted by molar-refractivity contribution is 0.611. The minimum atomic E-state index is -0.0320. The third kappa shape index (κ3) is 4.02. The van der Waals surface area contributed by atoms with E-state index in [9.17, 15) is 4.79 Å². The van der Waals surface area contributed by atoms with Gasteiger partial charge in [0.1, 0.15) is 5.82 Å². The van der Waals surface area contributed by atoms with Crippen LogP contribution in [0.15, 0.2) is 114 Å². The van der Waals surface area contributed by atoms with Crippen LogP contribution in [0.1, 0.15) is 12.0 Å². The van der Waals surface area contributed by atoms with Crippen molar-refractivity contribution < 1.29 is 0 Å². The summed E-state index contributed by atoms with van der Waals surface area (Å²) in [7, 11) is 0. The molecule has 0 radical (unpaired) electrons. The molecule has 0 aliphatic carbocycles. The predicted molar refractivity (Wildman–Crippen MR) is 155 cm³/mol. The molecular weight excluding hydrogens is 468 g/mol. The molecule has 184 valence electrons.